The monoisotopic (exact) mass is 752 g/mol. The average molecular weight is 753 g/mol. The lowest BCUT2D eigenvalue weighted by Gasteiger charge is -2.27. The fourth-order valence-electron chi connectivity index (χ4n) is 5.55. The number of H-pyrrole nitrogens is 1. The SMILES string of the molecule is CSP1(=O)CO[C@@H]2C(COP(=O)(SC)O[C@@H]3[C@H](F)[C@@H](CO1)O[C@H]3n1cnc3c(=O)[nH]c(N)nc31)O[C@@H](n1cnc3c(N)ncnc31)[C@@H]2F. The number of rotatable bonds is 4. The van der Waals surface area contributed by atoms with Crippen LogP contribution in [0.5, 0.6) is 0 Å². The summed E-state index contributed by atoms with van der Waals surface area (Å²) in [5.74, 6) is -0.173. The van der Waals surface area contributed by atoms with Crippen LogP contribution in [0.3, 0.4) is 0 Å². The Morgan fingerprint density at radius 2 is 1.60 bits per heavy atom. The second-order valence-corrected chi connectivity index (χ2v) is 19.8. The average Bonchev–Trinajstić information content (AvgIpc) is 3.83. The van der Waals surface area contributed by atoms with Gasteiger partial charge in [0.15, 0.2) is 47.4 Å². The maximum atomic E-state index is 16.2. The van der Waals surface area contributed by atoms with Gasteiger partial charge in [0.05, 0.1) is 25.9 Å². The van der Waals surface area contributed by atoms with Crippen molar-refractivity contribution in [3.63, 3.8) is 0 Å². The van der Waals surface area contributed by atoms with Crippen molar-refractivity contribution in [1.82, 2.24) is 39.0 Å². The molecule has 0 saturated carbocycles. The van der Waals surface area contributed by atoms with E-state index in [-0.39, 0.29) is 34.1 Å². The van der Waals surface area contributed by atoms with Crippen LogP contribution in [0.2, 0.25) is 0 Å². The maximum absolute atomic E-state index is 16.2. The van der Waals surface area contributed by atoms with Gasteiger partial charge in [-0.15, -0.1) is 0 Å². The van der Waals surface area contributed by atoms with Crippen molar-refractivity contribution in [2.24, 2.45) is 0 Å². The number of imidazole rings is 2. The summed E-state index contributed by atoms with van der Waals surface area (Å²) in [6.07, 6.45) is -6.48. The first-order valence-electron chi connectivity index (χ1n) is 14.1. The summed E-state index contributed by atoms with van der Waals surface area (Å²) < 4.78 is 97.7. The number of anilines is 2. The number of halogens is 2. The second-order valence-electron chi connectivity index (χ2n) is 10.7. The first-order valence-corrected chi connectivity index (χ1v) is 21.1. The lowest BCUT2D eigenvalue weighted by Crippen LogP contribution is -2.36. The Bertz CT molecular complexity index is 2010. The Labute approximate surface area is 276 Å². The molecule has 25 heteroatoms. The molecule has 7 heterocycles. The number of nitrogens with one attached hydrogen (secondary N) is 1. The van der Waals surface area contributed by atoms with E-state index in [1.165, 1.54) is 40.6 Å². The van der Waals surface area contributed by atoms with E-state index in [9.17, 15) is 13.9 Å². The Hall–Kier alpha value is -2.72. The van der Waals surface area contributed by atoms with Crippen molar-refractivity contribution in [3.05, 3.63) is 29.3 Å². The van der Waals surface area contributed by atoms with Gasteiger partial charge in [0.1, 0.15) is 42.6 Å². The first-order chi connectivity index (χ1) is 22.9. The molecule has 0 amide bonds. The molecule has 3 aliphatic rings. The number of aromatic amines is 1. The van der Waals surface area contributed by atoms with Crippen LogP contribution in [0.15, 0.2) is 23.8 Å². The van der Waals surface area contributed by atoms with E-state index in [0.29, 0.717) is 11.4 Å². The van der Waals surface area contributed by atoms with Gasteiger partial charge >= 0.3 is 6.80 Å². The summed E-state index contributed by atoms with van der Waals surface area (Å²) in [6.45, 7) is -9.15. The van der Waals surface area contributed by atoms with Gasteiger partial charge in [0, 0.05) is 0 Å². The zero-order valence-corrected chi connectivity index (χ0v) is 28.3. The summed E-state index contributed by atoms with van der Waals surface area (Å²) >= 11 is 1.47. The zero-order chi connectivity index (χ0) is 34.0. The van der Waals surface area contributed by atoms with Gasteiger partial charge in [0.2, 0.25) is 5.95 Å². The molecule has 3 aliphatic heterocycles. The third-order valence-corrected chi connectivity index (χ3v) is 15.1. The minimum absolute atomic E-state index is 0.0640. The molecule has 3 fully saturated rings. The number of hydrogen-bond acceptors (Lipinski definition) is 18. The van der Waals surface area contributed by atoms with Crippen molar-refractivity contribution < 1.29 is 45.7 Å². The van der Waals surface area contributed by atoms with Crippen molar-refractivity contribution in [3.8, 4) is 0 Å². The largest absolute Gasteiger partial charge is 0.389 e. The zero-order valence-electron chi connectivity index (χ0n) is 24.9. The standard InChI is InChI=1S/C23H28F2N10O9P2S2/c1-47-45(37)8-39-15-10(43-21(12(15)25)34-6-30-13-17(26)28-5-29-18(13)34)4-41-46(38,48-2)44-16-11(24)9(3-40-45)42-22(16)35-7-31-14-19(35)32-23(27)33-20(14)36/h5-7,9-12,15-16,21-22H,3-4,8H2,1-2H3,(H2,26,28,29)(H3,27,32,33,36)/t9-,10?,11-,12-,15-,16-,21-,22-,45?,46?/m1/s1. The molecule has 2 bridgehead atoms. The topological polar surface area (TPSA) is 249 Å². The van der Waals surface area contributed by atoms with Gasteiger partial charge < -0.3 is 30.2 Å². The molecule has 3 unspecified atom stereocenters. The summed E-state index contributed by atoms with van der Waals surface area (Å²) in [5, 5.41) is 0. The lowest BCUT2D eigenvalue weighted by atomic mass is 10.1. The molecule has 10 atom stereocenters. The summed E-state index contributed by atoms with van der Waals surface area (Å²) in [7, 11) is 0. The molecular formula is C23H28F2N10O9P2S2. The Balaban J connectivity index is 1.23. The van der Waals surface area contributed by atoms with Crippen LogP contribution in [-0.4, -0.2) is 108 Å². The molecule has 260 valence electrons. The first kappa shape index (κ1) is 33.8. The third-order valence-electron chi connectivity index (χ3n) is 7.93. The maximum Gasteiger partial charge on any atom is 0.389 e. The highest BCUT2D eigenvalue weighted by atomic mass is 32.7. The van der Waals surface area contributed by atoms with Crippen LogP contribution < -0.4 is 17.0 Å². The lowest BCUT2D eigenvalue weighted by molar-refractivity contribution is -0.0547. The number of nitrogen functional groups attached to an aromatic ring is 2. The van der Waals surface area contributed by atoms with E-state index in [1.54, 1.807) is 0 Å². The van der Waals surface area contributed by atoms with Gasteiger partial charge in [-0.1, -0.05) is 11.4 Å². The molecule has 7 rings (SSSR count). The van der Waals surface area contributed by atoms with Crippen molar-refractivity contribution in [2.75, 3.05) is 43.5 Å². The fraction of sp³-hybridized carbons (Fsp3) is 0.565. The van der Waals surface area contributed by atoms with Crippen LogP contribution >= 0.6 is 36.1 Å². The van der Waals surface area contributed by atoms with E-state index in [0.717, 1.165) is 11.4 Å². The number of alkyl halides is 2. The number of aromatic nitrogens is 8. The number of nitrogens with two attached hydrogens (primary N) is 2. The Morgan fingerprint density at radius 3 is 2.35 bits per heavy atom. The van der Waals surface area contributed by atoms with Crippen LogP contribution in [-0.2, 0) is 36.9 Å². The number of hydrogen-bond donors (Lipinski definition) is 3. The highest BCUT2D eigenvalue weighted by Gasteiger charge is 2.53. The molecule has 3 saturated heterocycles. The molecule has 4 aromatic heterocycles. The summed E-state index contributed by atoms with van der Waals surface area (Å²) in [5.41, 5.74) is 11.2. The van der Waals surface area contributed by atoms with E-state index in [2.05, 4.69) is 29.9 Å². The minimum atomic E-state index is -4.26. The fourth-order valence-corrected chi connectivity index (χ4v) is 9.72. The summed E-state index contributed by atoms with van der Waals surface area (Å²) in [4.78, 5) is 35.1. The van der Waals surface area contributed by atoms with E-state index in [1.807, 2.05) is 0 Å². The van der Waals surface area contributed by atoms with E-state index >= 15 is 8.78 Å². The van der Waals surface area contributed by atoms with Crippen LogP contribution in [0, 0.1) is 0 Å². The second kappa shape index (κ2) is 12.9. The minimum Gasteiger partial charge on any atom is -0.382 e. The van der Waals surface area contributed by atoms with Gasteiger partial charge in [-0.25, -0.2) is 33.3 Å². The van der Waals surface area contributed by atoms with Crippen molar-refractivity contribution in [1.29, 1.82) is 0 Å². The van der Waals surface area contributed by atoms with Crippen LogP contribution in [0.4, 0.5) is 20.5 Å². The van der Waals surface area contributed by atoms with Crippen molar-refractivity contribution >= 4 is 70.2 Å². The van der Waals surface area contributed by atoms with Gasteiger partial charge in [0.25, 0.3) is 12.1 Å². The molecule has 19 nitrogen and oxygen atoms in total. The molecule has 0 radical (unpaired) electrons. The number of fused-ring (bicyclic) bond motifs is 5. The number of ether oxygens (including phenoxy) is 3. The Morgan fingerprint density at radius 1 is 0.896 bits per heavy atom. The molecular weight excluding hydrogens is 724 g/mol. The molecule has 4 aromatic rings. The molecule has 0 aromatic carbocycles. The summed E-state index contributed by atoms with van der Waals surface area (Å²) in [6, 6.07) is 0. The van der Waals surface area contributed by atoms with Gasteiger partial charge in [-0.05, 0) is 23.9 Å². The highest BCUT2D eigenvalue weighted by Crippen LogP contribution is 2.63. The van der Waals surface area contributed by atoms with Crippen LogP contribution in [0.1, 0.15) is 12.5 Å². The highest BCUT2D eigenvalue weighted by molar-refractivity contribution is 8.56. The quantitative estimate of drug-likeness (QED) is 0.253. The van der Waals surface area contributed by atoms with E-state index < -0.39 is 87.7 Å². The smallest absolute Gasteiger partial charge is 0.382 e. The number of nitrogens with zero attached hydrogens (tertiary/aromatic N) is 7. The Kier molecular flexibility index (Phi) is 9.05. The molecule has 0 aliphatic carbocycles. The molecule has 5 N–H and O–H groups in total. The molecule has 0 spiro atoms. The van der Waals surface area contributed by atoms with Crippen LogP contribution in [0.25, 0.3) is 22.3 Å². The predicted molar refractivity (Wildman–Crippen MR) is 169 cm³/mol. The normalized spacial score (nSPS) is 36.3. The predicted octanol–water partition coefficient (Wildman–Crippen LogP) is 2.40. The third kappa shape index (κ3) is 5.92. The molecule has 48 heavy (non-hydrogen) atoms. The van der Waals surface area contributed by atoms with E-state index in [4.69, 9.17) is 39.2 Å². The van der Waals surface area contributed by atoms with Gasteiger partial charge in [-0.3, -0.25) is 32.5 Å². The van der Waals surface area contributed by atoms with Crippen molar-refractivity contribution in [2.45, 2.75) is 49.2 Å². The van der Waals surface area contributed by atoms with Gasteiger partial charge in [-0.2, -0.15) is 4.98 Å².